The van der Waals surface area contributed by atoms with Gasteiger partial charge in [-0.05, 0) is 0 Å². The number of hydrogen-bond donors (Lipinski definition) is 1. The number of hydrogen-bond acceptors (Lipinski definition) is 4. The van der Waals surface area contributed by atoms with Gasteiger partial charge in [0.2, 0.25) is 5.91 Å². The van der Waals surface area contributed by atoms with Crippen molar-refractivity contribution in [2.24, 2.45) is 0 Å². The largest absolute Gasteiger partial charge is 0.363 e. The minimum Gasteiger partial charge on any atom is -0.363 e. The summed E-state index contributed by atoms with van der Waals surface area (Å²) in [4.78, 5) is 11.4. The summed E-state index contributed by atoms with van der Waals surface area (Å²) in [7, 11) is 0. The van der Waals surface area contributed by atoms with Crippen molar-refractivity contribution in [1.29, 1.82) is 0 Å². The maximum absolute atomic E-state index is 11.4. The van der Waals surface area contributed by atoms with Gasteiger partial charge in [-0.2, -0.15) is 5.10 Å². The Morgan fingerprint density at radius 1 is 1.62 bits per heavy atom. The van der Waals surface area contributed by atoms with Crippen LogP contribution in [0.25, 0.3) is 0 Å². The molecule has 1 N–H and O–H groups in total. The van der Waals surface area contributed by atoms with Crippen molar-refractivity contribution in [2.75, 3.05) is 5.32 Å². The van der Waals surface area contributed by atoms with E-state index in [0.717, 1.165) is 0 Å². The van der Waals surface area contributed by atoms with Crippen molar-refractivity contribution >= 4 is 23.3 Å². The van der Waals surface area contributed by atoms with E-state index in [1.807, 2.05) is 0 Å². The highest BCUT2D eigenvalue weighted by atomic mass is 35.5. The van der Waals surface area contributed by atoms with E-state index in [-0.39, 0.29) is 5.91 Å². The Morgan fingerprint density at radius 3 is 3.12 bits per heavy atom. The Kier molecular flexibility index (Phi) is 3.21. The third-order valence-electron chi connectivity index (χ3n) is 1.88. The highest BCUT2D eigenvalue weighted by Crippen LogP contribution is 2.06. The van der Waals surface area contributed by atoms with E-state index < -0.39 is 0 Å². The molecule has 0 aliphatic carbocycles. The van der Waals surface area contributed by atoms with Gasteiger partial charge in [0, 0.05) is 25.2 Å². The molecule has 0 aliphatic heterocycles. The van der Waals surface area contributed by atoms with Crippen LogP contribution in [0.4, 0.5) is 5.82 Å². The maximum atomic E-state index is 11.4. The molecule has 6 nitrogen and oxygen atoms in total. The number of nitrogens with one attached hydrogen (secondary N) is 1. The second kappa shape index (κ2) is 4.80. The molecule has 0 aliphatic rings. The predicted octanol–water partition coefficient (Wildman–Crippen LogP) is 1.55. The monoisotopic (exact) mass is 240 g/mol. The lowest BCUT2D eigenvalue weighted by molar-refractivity contribution is -0.116. The molecule has 2 heterocycles. The second-order valence-electron chi connectivity index (χ2n) is 3.10. The number of carbonyl (C=O) groups excluding carboxylic acids is 1. The summed E-state index contributed by atoms with van der Waals surface area (Å²) in [5.41, 5.74) is 0. The molecule has 2 aromatic rings. The SMILES string of the molecule is O=C(CCn1cc(Cl)cn1)Nc1ccon1. The summed E-state index contributed by atoms with van der Waals surface area (Å²) >= 11 is 5.68. The quantitative estimate of drug-likeness (QED) is 0.880. The molecule has 0 saturated carbocycles. The Hall–Kier alpha value is -1.82. The van der Waals surface area contributed by atoms with Crippen LogP contribution in [0.15, 0.2) is 29.2 Å². The van der Waals surface area contributed by atoms with Crippen LogP contribution in [0.2, 0.25) is 5.02 Å². The van der Waals surface area contributed by atoms with E-state index in [0.29, 0.717) is 23.8 Å². The van der Waals surface area contributed by atoms with Gasteiger partial charge in [-0.1, -0.05) is 16.8 Å². The Labute approximate surface area is 96.2 Å². The van der Waals surface area contributed by atoms with Gasteiger partial charge in [0.1, 0.15) is 6.26 Å². The zero-order chi connectivity index (χ0) is 11.4. The first-order valence-electron chi connectivity index (χ1n) is 4.62. The van der Waals surface area contributed by atoms with Gasteiger partial charge in [0.05, 0.1) is 11.2 Å². The van der Waals surface area contributed by atoms with Crippen molar-refractivity contribution in [3.63, 3.8) is 0 Å². The van der Waals surface area contributed by atoms with E-state index in [4.69, 9.17) is 11.6 Å². The number of aryl methyl sites for hydroxylation is 1. The molecule has 0 bridgehead atoms. The standard InChI is InChI=1S/C9H9ClN4O2/c10-7-5-11-14(6-7)3-1-9(15)12-8-2-4-16-13-8/h2,4-6H,1,3H2,(H,12,13,15). The first kappa shape index (κ1) is 10.7. The van der Waals surface area contributed by atoms with Crippen molar-refractivity contribution in [2.45, 2.75) is 13.0 Å². The van der Waals surface area contributed by atoms with E-state index in [1.54, 1.807) is 16.9 Å². The van der Waals surface area contributed by atoms with Gasteiger partial charge in [0.25, 0.3) is 0 Å². The van der Waals surface area contributed by atoms with Crippen LogP contribution in [-0.2, 0) is 11.3 Å². The van der Waals surface area contributed by atoms with Crippen molar-refractivity contribution in [3.05, 3.63) is 29.7 Å². The third kappa shape index (κ3) is 2.83. The lowest BCUT2D eigenvalue weighted by atomic mass is 10.4. The number of amides is 1. The highest BCUT2D eigenvalue weighted by Gasteiger charge is 2.05. The second-order valence-corrected chi connectivity index (χ2v) is 3.54. The number of anilines is 1. The molecular formula is C9H9ClN4O2. The molecule has 2 rings (SSSR count). The van der Waals surface area contributed by atoms with E-state index in [9.17, 15) is 4.79 Å². The number of carbonyl (C=O) groups is 1. The summed E-state index contributed by atoms with van der Waals surface area (Å²) in [5.74, 6) is 0.254. The van der Waals surface area contributed by atoms with E-state index in [2.05, 4.69) is 20.1 Å². The van der Waals surface area contributed by atoms with Crippen LogP contribution >= 0.6 is 11.6 Å². The predicted molar refractivity (Wildman–Crippen MR) is 57.0 cm³/mol. The Morgan fingerprint density at radius 2 is 2.50 bits per heavy atom. The summed E-state index contributed by atoms with van der Waals surface area (Å²) in [6.07, 6.45) is 4.87. The molecule has 1 amide bonds. The summed E-state index contributed by atoms with van der Waals surface area (Å²) in [5, 5.41) is 10.7. The molecular weight excluding hydrogens is 232 g/mol. The fourth-order valence-corrected chi connectivity index (χ4v) is 1.32. The average molecular weight is 241 g/mol. The zero-order valence-corrected chi connectivity index (χ0v) is 9.02. The van der Waals surface area contributed by atoms with Crippen molar-refractivity contribution < 1.29 is 9.32 Å². The molecule has 16 heavy (non-hydrogen) atoms. The van der Waals surface area contributed by atoms with Crippen LogP contribution < -0.4 is 5.32 Å². The first-order valence-corrected chi connectivity index (χ1v) is 5.00. The molecule has 2 aromatic heterocycles. The molecule has 0 spiro atoms. The lowest BCUT2D eigenvalue weighted by Gasteiger charge is -2.01. The van der Waals surface area contributed by atoms with Gasteiger partial charge in [-0.15, -0.1) is 0 Å². The Balaban J connectivity index is 1.80. The smallest absolute Gasteiger partial charge is 0.227 e. The van der Waals surface area contributed by atoms with Crippen LogP contribution in [0.1, 0.15) is 6.42 Å². The molecule has 0 unspecified atom stereocenters. The van der Waals surface area contributed by atoms with Crippen molar-refractivity contribution in [1.82, 2.24) is 14.9 Å². The number of nitrogens with zero attached hydrogens (tertiary/aromatic N) is 3. The molecule has 0 atom stereocenters. The van der Waals surface area contributed by atoms with E-state index in [1.165, 1.54) is 12.5 Å². The van der Waals surface area contributed by atoms with Crippen molar-refractivity contribution in [3.8, 4) is 0 Å². The zero-order valence-electron chi connectivity index (χ0n) is 8.26. The van der Waals surface area contributed by atoms with Gasteiger partial charge in [-0.25, -0.2) is 0 Å². The van der Waals surface area contributed by atoms with Gasteiger partial charge in [-0.3, -0.25) is 9.48 Å². The molecule has 0 aromatic carbocycles. The lowest BCUT2D eigenvalue weighted by Crippen LogP contribution is -2.14. The van der Waals surface area contributed by atoms with Gasteiger partial charge < -0.3 is 9.84 Å². The summed E-state index contributed by atoms with van der Waals surface area (Å²) in [6.45, 7) is 0.469. The molecule has 0 radical (unpaired) electrons. The number of halogens is 1. The maximum Gasteiger partial charge on any atom is 0.227 e. The average Bonchev–Trinajstić information content (AvgIpc) is 2.87. The minimum atomic E-state index is -0.152. The van der Waals surface area contributed by atoms with Gasteiger partial charge in [0.15, 0.2) is 5.82 Å². The fourth-order valence-electron chi connectivity index (χ4n) is 1.16. The topological polar surface area (TPSA) is 73.0 Å². The first-order chi connectivity index (χ1) is 7.74. The molecule has 7 heteroatoms. The minimum absolute atomic E-state index is 0.152. The van der Waals surface area contributed by atoms with E-state index >= 15 is 0 Å². The summed E-state index contributed by atoms with van der Waals surface area (Å²) in [6, 6.07) is 1.57. The molecule has 0 saturated heterocycles. The van der Waals surface area contributed by atoms with Crippen LogP contribution in [-0.4, -0.2) is 20.8 Å². The summed E-state index contributed by atoms with van der Waals surface area (Å²) < 4.78 is 6.18. The number of aromatic nitrogens is 3. The fraction of sp³-hybridized carbons (Fsp3) is 0.222. The number of rotatable bonds is 4. The van der Waals surface area contributed by atoms with Gasteiger partial charge >= 0.3 is 0 Å². The molecule has 84 valence electrons. The molecule has 0 fully saturated rings. The third-order valence-corrected chi connectivity index (χ3v) is 2.07. The highest BCUT2D eigenvalue weighted by molar-refractivity contribution is 6.30. The van der Waals surface area contributed by atoms with Crippen LogP contribution in [0.3, 0.4) is 0 Å². The normalized spacial score (nSPS) is 10.3. The van der Waals surface area contributed by atoms with Crippen LogP contribution in [0.5, 0.6) is 0 Å². The Bertz CT molecular complexity index is 466. The van der Waals surface area contributed by atoms with Crippen LogP contribution in [0, 0.1) is 0 Å².